The number of rotatable bonds is 2. The van der Waals surface area contributed by atoms with Crippen molar-refractivity contribution in [2.45, 2.75) is 6.18 Å². The Kier molecular flexibility index (Phi) is 3.47. The maximum Gasteiger partial charge on any atom is 0.472 e. The van der Waals surface area contributed by atoms with E-state index in [1.165, 1.54) is 26.6 Å². The van der Waals surface area contributed by atoms with Crippen LogP contribution < -0.4 is 22.1 Å². The fraction of sp³-hybridized carbons (Fsp3) is 0.400. The van der Waals surface area contributed by atoms with E-state index >= 15 is 0 Å². The van der Waals surface area contributed by atoms with E-state index < -0.39 is 23.3 Å². The van der Waals surface area contributed by atoms with E-state index in [0.717, 1.165) is 13.7 Å². The molecular weight excluding hydrogens is 309 g/mol. The molecule has 9 nitrogen and oxygen atoms in total. The predicted molar refractivity (Wildman–Crippen MR) is 69.0 cm³/mol. The molecule has 2 heterocycles. The second-order valence-corrected chi connectivity index (χ2v) is 4.45. The maximum atomic E-state index is 12.1. The Morgan fingerprint density at radius 3 is 2.23 bits per heavy atom. The lowest BCUT2D eigenvalue weighted by atomic mass is 10.5. The number of hydrazine groups is 1. The van der Waals surface area contributed by atoms with Crippen LogP contribution in [0.25, 0.3) is 11.2 Å². The zero-order chi connectivity index (χ0) is 16.8. The van der Waals surface area contributed by atoms with Crippen molar-refractivity contribution in [1.29, 1.82) is 0 Å². The molecule has 0 spiro atoms. The number of alkyl halides is 3. The topological polar surface area (TPSA) is 103 Å². The highest BCUT2D eigenvalue weighted by Crippen LogP contribution is 2.15. The van der Waals surface area contributed by atoms with Gasteiger partial charge in [-0.15, -0.1) is 0 Å². The first kappa shape index (κ1) is 15.6. The molecule has 0 unspecified atom stereocenters. The van der Waals surface area contributed by atoms with Gasteiger partial charge in [-0.1, -0.05) is 0 Å². The number of hydrogen-bond donors (Lipinski definition) is 2. The molecule has 1 amide bonds. The average Bonchev–Trinajstić information content (AvgIpc) is 2.76. The summed E-state index contributed by atoms with van der Waals surface area (Å²) in [6.07, 6.45) is -5.07. The number of aryl methyl sites for hydroxylation is 2. The van der Waals surface area contributed by atoms with Crippen LogP contribution in [0.2, 0.25) is 0 Å². The maximum absolute atomic E-state index is 12.1. The second-order valence-electron chi connectivity index (χ2n) is 4.45. The molecular formula is C10H11F3N6O3. The number of nitrogens with zero attached hydrogens (tertiary/aromatic N) is 4. The van der Waals surface area contributed by atoms with E-state index in [9.17, 15) is 27.6 Å². The first-order valence-electron chi connectivity index (χ1n) is 5.81. The molecule has 12 heteroatoms. The Balaban J connectivity index is 2.51. The van der Waals surface area contributed by atoms with Crippen LogP contribution in [0.3, 0.4) is 0 Å². The van der Waals surface area contributed by atoms with Gasteiger partial charge in [0.05, 0.1) is 0 Å². The third kappa shape index (κ3) is 2.31. The monoisotopic (exact) mass is 320 g/mol. The van der Waals surface area contributed by atoms with Gasteiger partial charge >= 0.3 is 17.8 Å². The molecule has 0 aromatic carbocycles. The van der Waals surface area contributed by atoms with Gasteiger partial charge in [-0.05, 0) is 0 Å². The van der Waals surface area contributed by atoms with Gasteiger partial charge in [0, 0.05) is 21.1 Å². The first-order chi connectivity index (χ1) is 10.1. The SMILES string of the molecule is Cn1c(=O)c2c(nc(NNC(=O)C(F)(F)F)n2C)n(C)c1=O. The van der Waals surface area contributed by atoms with Gasteiger partial charge in [0.2, 0.25) is 5.95 Å². The quantitative estimate of drug-likeness (QED) is 0.689. The lowest BCUT2D eigenvalue weighted by molar-refractivity contribution is -0.173. The molecule has 22 heavy (non-hydrogen) atoms. The summed E-state index contributed by atoms with van der Waals surface area (Å²) in [5, 5.41) is 0. The smallest absolute Gasteiger partial charge is 0.306 e. The summed E-state index contributed by atoms with van der Waals surface area (Å²) in [6.45, 7) is 0. The molecule has 0 aliphatic rings. The van der Waals surface area contributed by atoms with Crippen LogP contribution in [0.4, 0.5) is 19.1 Å². The zero-order valence-electron chi connectivity index (χ0n) is 11.6. The number of carbonyl (C=O) groups is 1. The van der Waals surface area contributed by atoms with Gasteiger partial charge in [-0.25, -0.2) is 4.79 Å². The van der Waals surface area contributed by atoms with Crippen molar-refractivity contribution in [3.8, 4) is 0 Å². The predicted octanol–water partition coefficient (Wildman–Crippen LogP) is -1.02. The number of hydrogen-bond acceptors (Lipinski definition) is 5. The Bertz CT molecular complexity index is 875. The number of fused-ring (bicyclic) bond motifs is 1. The summed E-state index contributed by atoms with van der Waals surface area (Å²) < 4.78 is 39.4. The molecule has 0 aliphatic carbocycles. The molecule has 0 fully saturated rings. The van der Waals surface area contributed by atoms with Crippen LogP contribution >= 0.6 is 0 Å². The Hall–Kier alpha value is -2.79. The van der Waals surface area contributed by atoms with Crippen molar-refractivity contribution in [2.75, 3.05) is 5.43 Å². The van der Waals surface area contributed by atoms with Gasteiger partial charge in [0.25, 0.3) is 5.56 Å². The van der Waals surface area contributed by atoms with Gasteiger partial charge in [-0.3, -0.25) is 29.6 Å². The summed E-state index contributed by atoms with van der Waals surface area (Å²) in [7, 11) is 3.97. The minimum Gasteiger partial charge on any atom is -0.306 e. The van der Waals surface area contributed by atoms with Crippen molar-refractivity contribution in [1.82, 2.24) is 24.1 Å². The lowest BCUT2D eigenvalue weighted by Crippen LogP contribution is -2.40. The van der Waals surface area contributed by atoms with E-state index in [-0.39, 0.29) is 17.1 Å². The minimum absolute atomic E-state index is 0.00615. The molecule has 0 aliphatic heterocycles. The van der Waals surface area contributed by atoms with Crippen LogP contribution in [0.15, 0.2) is 9.59 Å². The number of anilines is 1. The van der Waals surface area contributed by atoms with Crippen molar-refractivity contribution in [3.63, 3.8) is 0 Å². The van der Waals surface area contributed by atoms with Crippen LogP contribution in [0, 0.1) is 0 Å². The van der Waals surface area contributed by atoms with E-state index in [2.05, 4.69) is 4.98 Å². The van der Waals surface area contributed by atoms with Crippen molar-refractivity contribution < 1.29 is 18.0 Å². The van der Waals surface area contributed by atoms with E-state index in [1.54, 1.807) is 0 Å². The average molecular weight is 320 g/mol. The highest BCUT2D eigenvalue weighted by Gasteiger charge is 2.38. The van der Waals surface area contributed by atoms with Crippen LogP contribution in [-0.4, -0.2) is 30.8 Å². The Morgan fingerprint density at radius 1 is 1.09 bits per heavy atom. The lowest BCUT2D eigenvalue weighted by Gasteiger charge is -2.09. The standard InChI is InChI=1S/C10H11F3N6O3/c1-17-4-5(18(2)9(22)19(3)6(4)20)14-8(17)16-15-7(21)10(11,12)13/h1-3H3,(H,14,16)(H,15,21). The third-order valence-corrected chi connectivity index (χ3v) is 3.02. The minimum atomic E-state index is -5.07. The highest BCUT2D eigenvalue weighted by molar-refractivity contribution is 5.83. The molecule has 2 aromatic rings. The Morgan fingerprint density at radius 2 is 1.68 bits per heavy atom. The summed E-state index contributed by atoms with van der Waals surface area (Å²) in [4.78, 5) is 38.4. The van der Waals surface area contributed by atoms with Crippen LogP contribution in [-0.2, 0) is 25.9 Å². The summed E-state index contributed by atoms with van der Waals surface area (Å²) in [5.41, 5.74) is 2.05. The first-order valence-corrected chi connectivity index (χ1v) is 5.81. The largest absolute Gasteiger partial charge is 0.472 e. The van der Waals surface area contributed by atoms with Crippen molar-refractivity contribution >= 4 is 23.0 Å². The van der Waals surface area contributed by atoms with Crippen LogP contribution in [0.1, 0.15) is 0 Å². The number of nitrogens with one attached hydrogen (secondary N) is 2. The van der Waals surface area contributed by atoms with Gasteiger partial charge < -0.3 is 4.57 Å². The summed E-state index contributed by atoms with van der Waals surface area (Å²) >= 11 is 0. The fourth-order valence-corrected chi connectivity index (χ4v) is 1.81. The third-order valence-electron chi connectivity index (χ3n) is 3.02. The fourth-order valence-electron chi connectivity index (χ4n) is 1.81. The number of amides is 1. The van der Waals surface area contributed by atoms with Gasteiger partial charge in [0.1, 0.15) is 0 Å². The Labute approximate surface area is 119 Å². The molecule has 0 saturated carbocycles. The van der Waals surface area contributed by atoms with Gasteiger partial charge in [0.15, 0.2) is 11.2 Å². The van der Waals surface area contributed by atoms with Crippen molar-refractivity contribution in [3.05, 3.63) is 20.8 Å². The number of carbonyl (C=O) groups excluding carboxylic acids is 1. The summed E-state index contributed by atoms with van der Waals surface area (Å²) in [6, 6.07) is 0. The number of halogens is 3. The summed E-state index contributed by atoms with van der Waals surface area (Å²) in [5.74, 6) is -2.45. The zero-order valence-corrected chi connectivity index (χ0v) is 11.6. The molecule has 120 valence electrons. The van der Waals surface area contributed by atoms with Crippen LogP contribution in [0.5, 0.6) is 0 Å². The normalized spacial score (nSPS) is 11.7. The molecule has 2 rings (SSSR count). The molecule has 0 radical (unpaired) electrons. The molecule has 0 atom stereocenters. The van der Waals surface area contributed by atoms with Crippen molar-refractivity contribution in [2.24, 2.45) is 21.1 Å². The van der Waals surface area contributed by atoms with Gasteiger partial charge in [-0.2, -0.15) is 18.2 Å². The van der Waals surface area contributed by atoms with E-state index in [0.29, 0.717) is 0 Å². The molecule has 0 bridgehead atoms. The highest BCUT2D eigenvalue weighted by atomic mass is 19.4. The van der Waals surface area contributed by atoms with E-state index in [1.807, 2.05) is 5.43 Å². The number of imidazole rings is 1. The molecule has 2 aromatic heterocycles. The number of aromatic nitrogens is 4. The van der Waals surface area contributed by atoms with E-state index in [4.69, 9.17) is 0 Å². The molecule has 2 N–H and O–H groups in total. The second kappa shape index (κ2) is 4.89. The molecule has 0 saturated heterocycles.